The molecule has 10 heteroatoms. The summed E-state index contributed by atoms with van der Waals surface area (Å²) in [5, 5.41) is 11.7. The lowest BCUT2D eigenvalue weighted by atomic mass is 10.0. The Morgan fingerprint density at radius 3 is 2.80 bits per heavy atom. The normalized spacial score (nSPS) is 11.9. The van der Waals surface area contributed by atoms with Crippen molar-refractivity contribution in [3.05, 3.63) is 52.8 Å². The van der Waals surface area contributed by atoms with Crippen LogP contribution in [-0.2, 0) is 4.79 Å². The molecule has 6 N–H and O–H groups in total. The maximum atomic E-state index is 12.3. The summed E-state index contributed by atoms with van der Waals surface area (Å²) < 4.78 is 5.81. The van der Waals surface area contributed by atoms with Gasteiger partial charge in [-0.25, -0.2) is 4.98 Å². The summed E-state index contributed by atoms with van der Waals surface area (Å²) in [7, 11) is 0. The molecule has 2 heterocycles. The molecule has 0 amide bonds. The van der Waals surface area contributed by atoms with Gasteiger partial charge in [-0.2, -0.15) is 0 Å². The topological polar surface area (TPSA) is 140 Å². The molecular weight excluding hydrogens is 388 g/mol. The highest BCUT2D eigenvalue weighted by atomic mass is 16.5. The fourth-order valence-corrected chi connectivity index (χ4v) is 3.12. The first-order chi connectivity index (χ1) is 14.5. The number of nitrogens with one attached hydrogen (secondary N) is 5. The molecule has 30 heavy (non-hydrogen) atoms. The van der Waals surface area contributed by atoms with E-state index in [1.165, 1.54) is 0 Å². The molecule has 3 aromatic rings. The molecule has 0 saturated heterocycles. The summed E-state index contributed by atoms with van der Waals surface area (Å²) in [6.07, 6.45) is 0. The van der Waals surface area contributed by atoms with Gasteiger partial charge in [0.15, 0.2) is 11.5 Å². The number of carboxylic acids is 1. The van der Waals surface area contributed by atoms with Gasteiger partial charge in [-0.05, 0) is 42.3 Å². The van der Waals surface area contributed by atoms with Crippen LogP contribution < -0.4 is 32.0 Å². The van der Waals surface area contributed by atoms with Gasteiger partial charge in [0.05, 0.1) is 12.2 Å². The SMILES string of the molecule is CCOc1cc(-c2cccc(NCC(=O)O)c2)ccc1-c1nc2c(c(=O)[nH]1)NNN2. The van der Waals surface area contributed by atoms with Crippen molar-refractivity contribution in [1.82, 2.24) is 15.5 Å². The third-order valence-corrected chi connectivity index (χ3v) is 4.46. The van der Waals surface area contributed by atoms with Gasteiger partial charge in [0.2, 0.25) is 0 Å². The number of rotatable bonds is 7. The van der Waals surface area contributed by atoms with Crippen LogP contribution in [0.4, 0.5) is 17.2 Å². The zero-order valence-corrected chi connectivity index (χ0v) is 16.1. The molecule has 0 radical (unpaired) electrons. The van der Waals surface area contributed by atoms with Crippen molar-refractivity contribution < 1.29 is 14.6 Å². The third kappa shape index (κ3) is 3.89. The second-order valence-electron chi connectivity index (χ2n) is 6.49. The van der Waals surface area contributed by atoms with Gasteiger partial charge in [0.25, 0.3) is 5.56 Å². The summed E-state index contributed by atoms with van der Waals surface area (Å²) in [5.74, 6) is 0.418. The lowest BCUT2D eigenvalue weighted by Crippen LogP contribution is -2.21. The molecule has 1 aliphatic heterocycles. The zero-order chi connectivity index (χ0) is 21.1. The Bertz CT molecular complexity index is 1160. The highest BCUT2D eigenvalue weighted by molar-refractivity contribution is 5.78. The Labute approximate surface area is 171 Å². The van der Waals surface area contributed by atoms with Crippen LogP contribution in [0.2, 0.25) is 0 Å². The number of hydrogen-bond donors (Lipinski definition) is 6. The molecule has 0 atom stereocenters. The monoisotopic (exact) mass is 408 g/mol. The van der Waals surface area contributed by atoms with Gasteiger partial charge in [-0.3, -0.25) is 20.4 Å². The second kappa shape index (κ2) is 8.13. The van der Waals surface area contributed by atoms with Crippen LogP contribution in [0.15, 0.2) is 47.3 Å². The number of carbonyl (C=O) groups is 1. The number of nitrogens with zero attached hydrogens (tertiary/aromatic N) is 1. The molecule has 0 unspecified atom stereocenters. The number of carboxylic acid groups (broad SMARTS) is 1. The number of ether oxygens (including phenoxy) is 1. The van der Waals surface area contributed by atoms with Crippen molar-refractivity contribution in [1.29, 1.82) is 0 Å². The number of aliphatic carboxylic acids is 1. The van der Waals surface area contributed by atoms with E-state index in [4.69, 9.17) is 9.84 Å². The molecule has 0 aliphatic carbocycles. The summed E-state index contributed by atoms with van der Waals surface area (Å²) in [5.41, 5.74) is 11.3. The number of H-pyrrole nitrogens is 1. The first-order valence-corrected chi connectivity index (χ1v) is 9.30. The molecular formula is C20H20N6O4. The summed E-state index contributed by atoms with van der Waals surface area (Å²) in [4.78, 5) is 30.3. The van der Waals surface area contributed by atoms with E-state index in [-0.39, 0.29) is 12.1 Å². The van der Waals surface area contributed by atoms with E-state index in [1.807, 2.05) is 43.3 Å². The van der Waals surface area contributed by atoms with Crippen molar-refractivity contribution in [2.75, 3.05) is 29.3 Å². The third-order valence-electron chi connectivity index (χ3n) is 4.46. The molecule has 0 spiro atoms. The second-order valence-corrected chi connectivity index (χ2v) is 6.49. The van der Waals surface area contributed by atoms with Crippen LogP contribution in [0.3, 0.4) is 0 Å². The fourth-order valence-electron chi connectivity index (χ4n) is 3.12. The Morgan fingerprint density at radius 1 is 1.17 bits per heavy atom. The maximum absolute atomic E-state index is 12.3. The highest BCUT2D eigenvalue weighted by Gasteiger charge is 2.19. The molecule has 10 nitrogen and oxygen atoms in total. The summed E-state index contributed by atoms with van der Waals surface area (Å²) in [6, 6.07) is 13.0. The number of hydrogen-bond acceptors (Lipinski definition) is 8. The van der Waals surface area contributed by atoms with E-state index >= 15 is 0 Å². The van der Waals surface area contributed by atoms with E-state index in [0.29, 0.717) is 40.9 Å². The van der Waals surface area contributed by atoms with Crippen LogP contribution in [0, 0.1) is 0 Å². The van der Waals surface area contributed by atoms with Crippen molar-refractivity contribution in [2.45, 2.75) is 6.92 Å². The Hall–Kier alpha value is -4.05. The number of fused-ring (bicyclic) bond motifs is 1. The average molecular weight is 408 g/mol. The number of aromatic nitrogens is 2. The minimum atomic E-state index is -0.931. The Kier molecular flexibility index (Phi) is 5.22. The van der Waals surface area contributed by atoms with Crippen LogP contribution in [0.1, 0.15) is 6.92 Å². The van der Waals surface area contributed by atoms with E-state index in [9.17, 15) is 9.59 Å². The summed E-state index contributed by atoms with van der Waals surface area (Å²) >= 11 is 0. The molecule has 2 aromatic carbocycles. The lowest BCUT2D eigenvalue weighted by Gasteiger charge is -2.13. The average Bonchev–Trinajstić information content (AvgIpc) is 3.22. The van der Waals surface area contributed by atoms with E-state index in [0.717, 1.165) is 11.1 Å². The predicted octanol–water partition coefficient (Wildman–Crippen LogP) is 2.26. The molecule has 4 rings (SSSR count). The fraction of sp³-hybridized carbons (Fsp3) is 0.150. The van der Waals surface area contributed by atoms with Crippen molar-refractivity contribution in [3.63, 3.8) is 0 Å². The maximum Gasteiger partial charge on any atom is 0.322 e. The Balaban J connectivity index is 1.71. The molecule has 0 saturated carbocycles. The first kappa shape index (κ1) is 19.3. The minimum absolute atomic E-state index is 0.165. The van der Waals surface area contributed by atoms with Crippen molar-refractivity contribution in [3.8, 4) is 28.3 Å². The predicted molar refractivity (Wildman–Crippen MR) is 113 cm³/mol. The van der Waals surface area contributed by atoms with Crippen LogP contribution in [-0.4, -0.2) is 34.2 Å². The van der Waals surface area contributed by atoms with Crippen LogP contribution in [0.5, 0.6) is 5.75 Å². The van der Waals surface area contributed by atoms with E-state index in [1.54, 1.807) is 6.07 Å². The van der Waals surface area contributed by atoms with Crippen molar-refractivity contribution >= 4 is 23.2 Å². The standard InChI is InChI=1S/C20H20N6O4/c1-2-30-15-9-12(11-4-3-5-13(8-11)21-10-16(27)28)6-7-14(15)18-22-19-17(20(29)23-18)24-26-25-19/h3-9,21,24,26H,2,10H2,1H3,(H,27,28)(H2,22,23,25,29). The lowest BCUT2D eigenvalue weighted by molar-refractivity contribution is -0.134. The molecule has 0 fully saturated rings. The van der Waals surface area contributed by atoms with E-state index < -0.39 is 5.97 Å². The van der Waals surface area contributed by atoms with Gasteiger partial charge in [0.1, 0.15) is 18.1 Å². The number of benzene rings is 2. The van der Waals surface area contributed by atoms with Crippen LogP contribution >= 0.6 is 0 Å². The number of anilines is 3. The van der Waals surface area contributed by atoms with Gasteiger partial charge in [0, 0.05) is 5.69 Å². The number of hydrazine groups is 2. The smallest absolute Gasteiger partial charge is 0.322 e. The zero-order valence-electron chi connectivity index (χ0n) is 16.1. The molecule has 0 bridgehead atoms. The van der Waals surface area contributed by atoms with Gasteiger partial charge < -0.3 is 20.1 Å². The molecule has 1 aromatic heterocycles. The minimum Gasteiger partial charge on any atom is -0.493 e. The number of aromatic amines is 1. The quantitative estimate of drug-likeness (QED) is 0.347. The highest BCUT2D eigenvalue weighted by Crippen LogP contribution is 2.34. The van der Waals surface area contributed by atoms with E-state index in [2.05, 4.69) is 31.7 Å². The summed E-state index contributed by atoms with van der Waals surface area (Å²) in [6.45, 7) is 2.15. The first-order valence-electron chi connectivity index (χ1n) is 9.30. The van der Waals surface area contributed by atoms with Crippen LogP contribution in [0.25, 0.3) is 22.5 Å². The van der Waals surface area contributed by atoms with Gasteiger partial charge in [-0.1, -0.05) is 18.2 Å². The largest absolute Gasteiger partial charge is 0.493 e. The Morgan fingerprint density at radius 2 is 2.00 bits per heavy atom. The molecule has 154 valence electrons. The molecule has 1 aliphatic rings. The van der Waals surface area contributed by atoms with Gasteiger partial charge >= 0.3 is 5.97 Å². The van der Waals surface area contributed by atoms with Crippen molar-refractivity contribution in [2.24, 2.45) is 0 Å². The van der Waals surface area contributed by atoms with Gasteiger partial charge in [-0.15, -0.1) is 5.53 Å².